The molecule has 3 aromatic rings. The van der Waals surface area contributed by atoms with Crippen molar-refractivity contribution in [1.29, 1.82) is 0 Å². The fourth-order valence-corrected chi connectivity index (χ4v) is 6.96. The van der Waals surface area contributed by atoms with Crippen molar-refractivity contribution in [3.05, 3.63) is 18.2 Å². The highest BCUT2D eigenvalue weighted by Crippen LogP contribution is 2.30. The molecule has 46 heavy (non-hydrogen) atoms. The van der Waals surface area contributed by atoms with Gasteiger partial charge < -0.3 is 25.6 Å². The largest absolute Gasteiger partial charge is 0.362 e. The normalized spacial score (nSPS) is 20.8. The van der Waals surface area contributed by atoms with Gasteiger partial charge in [0.2, 0.25) is 5.95 Å². The van der Waals surface area contributed by atoms with E-state index in [1.807, 2.05) is 17.2 Å². The van der Waals surface area contributed by atoms with E-state index in [1.54, 1.807) is 0 Å². The van der Waals surface area contributed by atoms with E-state index in [4.69, 9.17) is 19.7 Å². The number of rotatable bonds is 16. The Morgan fingerprint density at radius 3 is 2.59 bits per heavy atom. The summed E-state index contributed by atoms with van der Waals surface area (Å²) in [5, 5.41) is 19.7. The standard InChI is InChI=1S/C33H56N12O/c1-3-26(2)42-18-20-43(21-19-42)33-38-31(30-32(39-33)45(25-37-30)29-13-7-8-22-46-29)36-23-28-24-44(41-40-28)17-10-15-34-14-9-16-35-27-11-5-4-6-12-27/h24-27,29,34-35H,3-23H2,1-2H3,(H,36,38,39). The Morgan fingerprint density at radius 2 is 1.78 bits per heavy atom. The van der Waals surface area contributed by atoms with Gasteiger partial charge in [-0.25, -0.2) is 4.98 Å². The van der Waals surface area contributed by atoms with E-state index in [2.05, 4.69) is 54.5 Å². The van der Waals surface area contributed by atoms with Crippen molar-refractivity contribution >= 4 is 22.9 Å². The number of fused-ring (bicyclic) bond motifs is 1. The maximum Gasteiger partial charge on any atom is 0.229 e. The van der Waals surface area contributed by atoms with Crippen LogP contribution in [-0.2, 0) is 17.8 Å². The number of hydrogen-bond donors (Lipinski definition) is 3. The molecule has 5 heterocycles. The molecule has 3 aromatic heterocycles. The van der Waals surface area contributed by atoms with Gasteiger partial charge in [-0.1, -0.05) is 31.4 Å². The minimum Gasteiger partial charge on any atom is -0.362 e. The Hall–Kier alpha value is -2.87. The lowest BCUT2D eigenvalue weighted by molar-refractivity contribution is -0.0298. The summed E-state index contributed by atoms with van der Waals surface area (Å²) in [5.41, 5.74) is 2.47. The molecule has 1 aliphatic carbocycles. The Balaban J connectivity index is 1.02. The summed E-state index contributed by atoms with van der Waals surface area (Å²) >= 11 is 0. The van der Waals surface area contributed by atoms with Crippen LogP contribution in [0.3, 0.4) is 0 Å². The molecule has 1 saturated carbocycles. The maximum atomic E-state index is 6.12. The van der Waals surface area contributed by atoms with E-state index in [0.29, 0.717) is 12.6 Å². The number of aryl methyl sites for hydroxylation is 1. The van der Waals surface area contributed by atoms with Gasteiger partial charge in [0, 0.05) is 51.4 Å². The first-order valence-electron chi connectivity index (χ1n) is 18.1. The van der Waals surface area contributed by atoms with Crippen LogP contribution in [0, 0.1) is 0 Å². The third kappa shape index (κ3) is 8.72. The lowest BCUT2D eigenvalue weighted by Gasteiger charge is -2.37. The van der Waals surface area contributed by atoms with Crippen molar-refractivity contribution in [2.24, 2.45) is 0 Å². The van der Waals surface area contributed by atoms with Crippen molar-refractivity contribution in [3.8, 4) is 0 Å². The van der Waals surface area contributed by atoms with Gasteiger partial charge in [0.05, 0.1) is 19.1 Å². The second kappa shape index (κ2) is 16.8. The summed E-state index contributed by atoms with van der Waals surface area (Å²) in [6.07, 6.45) is 17.3. The number of nitrogens with zero attached hydrogens (tertiary/aromatic N) is 9. The predicted molar refractivity (Wildman–Crippen MR) is 182 cm³/mol. The number of ether oxygens (including phenoxy) is 1. The zero-order valence-electron chi connectivity index (χ0n) is 28.2. The van der Waals surface area contributed by atoms with Crippen LogP contribution < -0.4 is 20.9 Å². The summed E-state index contributed by atoms with van der Waals surface area (Å²) in [5.74, 6) is 1.48. The van der Waals surface area contributed by atoms with E-state index in [1.165, 1.54) is 38.5 Å². The number of hydrogen-bond acceptors (Lipinski definition) is 11. The summed E-state index contributed by atoms with van der Waals surface area (Å²) < 4.78 is 10.2. The van der Waals surface area contributed by atoms with Crippen molar-refractivity contribution in [1.82, 2.24) is 50.0 Å². The zero-order chi connectivity index (χ0) is 31.6. The summed E-state index contributed by atoms with van der Waals surface area (Å²) in [7, 11) is 0. The summed E-state index contributed by atoms with van der Waals surface area (Å²) in [6.45, 7) is 13.7. The van der Waals surface area contributed by atoms with Crippen molar-refractivity contribution in [3.63, 3.8) is 0 Å². The smallest absolute Gasteiger partial charge is 0.229 e. The molecule has 0 radical (unpaired) electrons. The monoisotopic (exact) mass is 636 g/mol. The first kappa shape index (κ1) is 33.0. The van der Waals surface area contributed by atoms with E-state index < -0.39 is 0 Å². The molecule has 6 rings (SSSR count). The number of anilines is 2. The van der Waals surface area contributed by atoms with Gasteiger partial charge >= 0.3 is 0 Å². The molecular formula is C33H56N12O. The lowest BCUT2D eigenvalue weighted by atomic mass is 9.95. The Labute approximate surface area is 274 Å². The Bertz CT molecular complexity index is 1320. The molecule has 2 unspecified atom stereocenters. The van der Waals surface area contributed by atoms with Crippen LogP contribution in [0.1, 0.15) is 96.4 Å². The van der Waals surface area contributed by atoms with Gasteiger partial charge in [-0.2, -0.15) is 9.97 Å². The second-order valence-electron chi connectivity index (χ2n) is 13.4. The van der Waals surface area contributed by atoms with Gasteiger partial charge in [-0.15, -0.1) is 5.10 Å². The van der Waals surface area contributed by atoms with Gasteiger partial charge in [-0.05, 0) is 77.9 Å². The molecule has 254 valence electrons. The molecule has 0 bridgehead atoms. The molecular weight excluding hydrogens is 580 g/mol. The third-order valence-electron chi connectivity index (χ3n) is 10.0. The van der Waals surface area contributed by atoms with Crippen LogP contribution >= 0.6 is 0 Å². The average molecular weight is 637 g/mol. The van der Waals surface area contributed by atoms with Crippen LogP contribution in [0.5, 0.6) is 0 Å². The van der Waals surface area contributed by atoms with Gasteiger partial charge in [0.1, 0.15) is 11.9 Å². The predicted octanol–water partition coefficient (Wildman–Crippen LogP) is 3.94. The van der Waals surface area contributed by atoms with Crippen LogP contribution in [0.15, 0.2) is 12.5 Å². The maximum absolute atomic E-state index is 6.12. The number of piperazine rings is 1. The molecule has 0 spiro atoms. The molecule has 3 N–H and O–H groups in total. The minimum absolute atomic E-state index is 0.0378. The highest BCUT2D eigenvalue weighted by molar-refractivity contribution is 5.84. The third-order valence-corrected chi connectivity index (χ3v) is 10.0. The lowest BCUT2D eigenvalue weighted by Crippen LogP contribution is -2.50. The van der Waals surface area contributed by atoms with Crippen molar-refractivity contribution < 1.29 is 4.74 Å². The molecule has 0 aromatic carbocycles. The number of imidazole rings is 1. The molecule has 0 amide bonds. The molecule has 13 heteroatoms. The zero-order valence-corrected chi connectivity index (χ0v) is 28.2. The van der Waals surface area contributed by atoms with Crippen molar-refractivity contribution in [2.45, 2.75) is 116 Å². The first-order valence-corrected chi connectivity index (χ1v) is 18.1. The molecule has 2 aliphatic heterocycles. The fourth-order valence-electron chi connectivity index (χ4n) is 6.96. The van der Waals surface area contributed by atoms with Crippen LogP contribution in [-0.4, -0.2) is 104 Å². The average Bonchev–Trinajstić information content (AvgIpc) is 3.76. The number of nitrogens with one attached hydrogen (secondary N) is 3. The molecule has 2 atom stereocenters. The number of aromatic nitrogens is 7. The van der Waals surface area contributed by atoms with E-state index in [9.17, 15) is 0 Å². The van der Waals surface area contributed by atoms with Gasteiger partial charge in [-0.3, -0.25) is 14.1 Å². The Morgan fingerprint density at radius 1 is 0.957 bits per heavy atom. The van der Waals surface area contributed by atoms with Gasteiger partial charge in [0.25, 0.3) is 0 Å². The van der Waals surface area contributed by atoms with E-state index in [-0.39, 0.29) is 6.23 Å². The van der Waals surface area contributed by atoms with Crippen LogP contribution in [0.25, 0.3) is 11.2 Å². The fraction of sp³-hybridized carbons (Fsp3) is 0.788. The van der Waals surface area contributed by atoms with Crippen molar-refractivity contribution in [2.75, 3.05) is 62.6 Å². The molecule has 13 nitrogen and oxygen atoms in total. The Kier molecular flexibility index (Phi) is 12.1. The van der Waals surface area contributed by atoms with Crippen LogP contribution in [0.2, 0.25) is 0 Å². The quantitative estimate of drug-likeness (QED) is 0.198. The molecule has 3 aliphatic rings. The van der Waals surface area contributed by atoms with Crippen LogP contribution in [0.4, 0.5) is 11.8 Å². The first-order chi connectivity index (χ1) is 22.7. The summed E-state index contributed by atoms with van der Waals surface area (Å²) in [6, 6.07) is 1.34. The van der Waals surface area contributed by atoms with Gasteiger partial charge in [0.15, 0.2) is 17.0 Å². The van der Waals surface area contributed by atoms with E-state index >= 15 is 0 Å². The SMILES string of the molecule is CCC(C)N1CCN(c2nc(NCc3cn(CCCNCCCNC4CCCCC4)nn3)c3ncn(C4CCCCO4)c3n2)CC1. The second-order valence-corrected chi connectivity index (χ2v) is 13.4. The molecule has 2 saturated heterocycles. The van der Waals surface area contributed by atoms with E-state index in [0.717, 1.165) is 126 Å². The highest BCUT2D eigenvalue weighted by atomic mass is 16.5. The minimum atomic E-state index is -0.0378. The summed E-state index contributed by atoms with van der Waals surface area (Å²) in [4.78, 5) is 19.7. The topological polar surface area (TPSA) is 126 Å². The molecule has 3 fully saturated rings. The highest BCUT2D eigenvalue weighted by Gasteiger charge is 2.26.